The number of carbonyl (C=O) groups excluding carboxylic acids is 2. The molecule has 0 radical (unpaired) electrons. The predicted octanol–water partition coefficient (Wildman–Crippen LogP) is 3.98. The molecule has 1 unspecified atom stereocenters. The molecule has 4 rings (SSSR count). The number of halogens is 1. The molecular formula is C23H23ClN2O4. The van der Waals surface area contributed by atoms with Crippen LogP contribution in [0.2, 0.25) is 5.02 Å². The number of amides is 2. The van der Waals surface area contributed by atoms with Crippen LogP contribution in [0.15, 0.2) is 53.9 Å². The molecule has 0 aliphatic carbocycles. The summed E-state index contributed by atoms with van der Waals surface area (Å²) < 4.78 is 11.6. The van der Waals surface area contributed by atoms with Crippen LogP contribution in [0.25, 0.3) is 0 Å². The number of benzene rings is 2. The Morgan fingerprint density at radius 1 is 1.20 bits per heavy atom. The van der Waals surface area contributed by atoms with Crippen LogP contribution in [0.5, 0.6) is 11.5 Å². The van der Waals surface area contributed by atoms with Crippen molar-refractivity contribution in [2.24, 2.45) is 11.7 Å². The Bertz CT molecular complexity index is 1030. The van der Waals surface area contributed by atoms with Gasteiger partial charge in [-0.15, -0.1) is 0 Å². The van der Waals surface area contributed by atoms with Gasteiger partial charge in [0, 0.05) is 35.5 Å². The zero-order chi connectivity index (χ0) is 21.4. The van der Waals surface area contributed by atoms with Gasteiger partial charge in [-0.2, -0.15) is 0 Å². The summed E-state index contributed by atoms with van der Waals surface area (Å²) in [5, 5.41) is 0.669. The minimum atomic E-state index is -0.400. The van der Waals surface area contributed by atoms with E-state index in [2.05, 4.69) is 0 Å². The summed E-state index contributed by atoms with van der Waals surface area (Å²) in [6.07, 6.45) is 0.190. The fourth-order valence-corrected chi connectivity index (χ4v) is 3.91. The van der Waals surface area contributed by atoms with E-state index >= 15 is 0 Å². The molecule has 2 aliphatic rings. The lowest BCUT2D eigenvalue weighted by Gasteiger charge is -2.36. The van der Waals surface area contributed by atoms with Crippen LogP contribution >= 0.6 is 11.6 Å². The lowest BCUT2D eigenvalue weighted by Crippen LogP contribution is -2.47. The fraction of sp³-hybridized carbons (Fsp3) is 0.304. The highest BCUT2D eigenvalue weighted by Crippen LogP contribution is 2.44. The maximum absolute atomic E-state index is 12.9. The molecule has 0 saturated carbocycles. The van der Waals surface area contributed by atoms with Gasteiger partial charge in [-0.05, 0) is 29.7 Å². The van der Waals surface area contributed by atoms with Crippen LogP contribution in [0.3, 0.4) is 0 Å². The standard InChI is InChI=1S/C23H23ClN2O4/c1-13(2)11-26-20(27)10-18-17-8-7-16(29-12-14-3-5-15(24)6-4-14)9-19(17)30-22(25)21(18)23(26)28/h3-9,13,18H,10-12,25H2,1-2H3. The molecule has 2 aromatic carbocycles. The second-order valence-electron chi connectivity index (χ2n) is 7.95. The highest BCUT2D eigenvalue weighted by Gasteiger charge is 2.43. The van der Waals surface area contributed by atoms with Crippen molar-refractivity contribution in [2.45, 2.75) is 32.8 Å². The van der Waals surface area contributed by atoms with Gasteiger partial charge in [0.15, 0.2) is 5.88 Å². The largest absolute Gasteiger partial charge is 0.489 e. The summed E-state index contributed by atoms with van der Waals surface area (Å²) >= 11 is 5.91. The number of rotatable bonds is 5. The minimum absolute atomic E-state index is 0.0496. The first-order chi connectivity index (χ1) is 14.3. The second-order valence-corrected chi connectivity index (χ2v) is 8.39. The van der Waals surface area contributed by atoms with E-state index in [0.29, 0.717) is 35.2 Å². The molecule has 0 aromatic heterocycles. The Balaban J connectivity index is 1.56. The van der Waals surface area contributed by atoms with Crippen LogP contribution in [0.1, 0.15) is 37.3 Å². The average Bonchev–Trinajstić information content (AvgIpc) is 2.70. The van der Waals surface area contributed by atoms with E-state index < -0.39 is 5.92 Å². The highest BCUT2D eigenvalue weighted by atomic mass is 35.5. The van der Waals surface area contributed by atoms with Gasteiger partial charge in [0.25, 0.3) is 5.91 Å². The number of hydrogen-bond donors (Lipinski definition) is 1. The molecule has 2 aliphatic heterocycles. The molecule has 2 aromatic rings. The van der Waals surface area contributed by atoms with Gasteiger partial charge in [0.1, 0.15) is 18.1 Å². The molecule has 2 N–H and O–H groups in total. The van der Waals surface area contributed by atoms with Gasteiger partial charge in [-0.25, -0.2) is 0 Å². The molecule has 1 fully saturated rings. The van der Waals surface area contributed by atoms with Crippen molar-refractivity contribution in [1.82, 2.24) is 4.90 Å². The lowest BCUT2D eigenvalue weighted by molar-refractivity contribution is -0.146. The normalized spacial score (nSPS) is 18.3. The van der Waals surface area contributed by atoms with Crippen molar-refractivity contribution in [3.63, 3.8) is 0 Å². The van der Waals surface area contributed by atoms with Crippen molar-refractivity contribution < 1.29 is 19.1 Å². The highest BCUT2D eigenvalue weighted by molar-refractivity contribution is 6.30. The first kappa shape index (κ1) is 20.3. The Kier molecular flexibility index (Phi) is 5.43. The first-order valence-electron chi connectivity index (χ1n) is 9.87. The summed E-state index contributed by atoms with van der Waals surface area (Å²) in [6.45, 7) is 4.66. The van der Waals surface area contributed by atoms with Crippen molar-refractivity contribution in [1.29, 1.82) is 0 Å². The van der Waals surface area contributed by atoms with Crippen LogP contribution in [0, 0.1) is 5.92 Å². The summed E-state index contributed by atoms with van der Waals surface area (Å²) in [7, 11) is 0. The zero-order valence-corrected chi connectivity index (χ0v) is 17.6. The van der Waals surface area contributed by atoms with Crippen molar-refractivity contribution in [3.8, 4) is 11.5 Å². The molecule has 0 bridgehead atoms. The van der Waals surface area contributed by atoms with Crippen molar-refractivity contribution >= 4 is 23.4 Å². The smallest absolute Gasteiger partial charge is 0.262 e. The van der Waals surface area contributed by atoms with E-state index in [1.54, 1.807) is 6.07 Å². The molecule has 0 spiro atoms. The Hall–Kier alpha value is -2.99. The summed E-state index contributed by atoms with van der Waals surface area (Å²) in [6, 6.07) is 12.8. The number of ether oxygens (including phenoxy) is 2. The number of imide groups is 1. The second kappa shape index (κ2) is 8.03. The molecule has 30 heavy (non-hydrogen) atoms. The third-order valence-corrected chi connectivity index (χ3v) is 5.47. The van der Waals surface area contributed by atoms with E-state index in [1.807, 2.05) is 50.2 Å². The predicted molar refractivity (Wildman–Crippen MR) is 113 cm³/mol. The topological polar surface area (TPSA) is 81.9 Å². The number of nitrogens with zero attached hydrogens (tertiary/aromatic N) is 1. The number of likely N-dealkylation sites (tertiary alicyclic amines) is 1. The van der Waals surface area contributed by atoms with Gasteiger partial charge in [0.05, 0.1) is 5.57 Å². The van der Waals surface area contributed by atoms with Gasteiger partial charge in [0.2, 0.25) is 5.91 Å². The monoisotopic (exact) mass is 426 g/mol. The van der Waals surface area contributed by atoms with E-state index in [0.717, 1.165) is 11.1 Å². The molecular weight excluding hydrogens is 404 g/mol. The maximum atomic E-state index is 12.9. The minimum Gasteiger partial charge on any atom is -0.489 e. The quantitative estimate of drug-likeness (QED) is 0.731. The molecule has 2 heterocycles. The molecule has 156 valence electrons. The van der Waals surface area contributed by atoms with E-state index in [9.17, 15) is 9.59 Å². The van der Waals surface area contributed by atoms with Gasteiger partial charge in [-0.3, -0.25) is 14.5 Å². The molecule has 6 nitrogen and oxygen atoms in total. The van der Waals surface area contributed by atoms with Crippen molar-refractivity contribution in [3.05, 3.63) is 70.1 Å². The lowest BCUT2D eigenvalue weighted by atomic mass is 9.82. The number of piperidine rings is 1. The molecule has 2 amide bonds. The van der Waals surface area contributed by atoms with E-state index in [1.165, 1.54) is 4.90 Å². The van der Waals surface area contributed by atoms with Gasteiger partial charge < -0.3 is 15.2 Å². The van der Waals surface area contributed by atoms with Gasteiger partial charge >= 0.3 is 0 Å². The number of nitrogens with two attached hydrogens (primary N) is 1. The van der Waals surface area contributed by atoms with Gasteiger partial charge in [-0.1, -0.05) is 43.6 Å². The van der Waals surface area contributed by atoms with Crippen LogP contribution in [-0.2, 0) is 16.2 Å². The SMILES string of the molecule is CC(C)CN1C(=O)CC2C(=C(N)Oc3cc(OCc4ccc(Cl)cc4)ccc32)C1=O. The number of fused-ring (bicyclic) bond motifs is 3. The summed E-state index contributed by atoms with van der Waals surface area (Å²) in [5.74, 6) is 0.384. The Labute approximate surface area is 180 Å². The average molecular weight is 427 g/mol. The summed E-state index contributed by atoms with van der Waals surface area (Å²) in [4.78, 5) is 26.8. The van der Waals surface area contributed by atoms with E-state index in [-0.39, 0.29) is 30.0 Å². The fourth-order valence-electron chi connectivity index (χ4n) is 3.79. The first-order valence-corrected chi connectivity index (χ1v) is 10.2. The third-order valence-electron chi connectivity index (χ3n) is 5.22. The van der Waals surface area contributed by atoms with Crippen LogP contribution in [0.4, 0.5) is 0 Å². The zero-order valence-electron chi connectivity index (χ0n) is 16.9. The van der Waals surface area contributed by atoms with Crippen LogP contribution < -0.4 is 15.2 Å². The molecule has 1 atom stereocenters. The maximum Gasteiger partial charge on any atom is 0.262 e. The van der Waals surface area contributed by atoms with Crippen molar-refractivity contribution in [2.75, 3.05) is 6.54 Å². The van der Waals surface area contributed by atoms with E-state index in [4.69, 9.17) is 26.8 Å². The molecule has 7 heteroatoms. The third kappa shape index (κ3) is 3.87. The number of hydrogen-bond acceptors (Lipinski definition) is 5. The Morgan fingerprint density at radius 2 is 1.93 bits per heavy atom. The number of carbonyl (C=O) groups is 2. The Morgan fingerprint density at radius 3 is 2.63 bits per heavy atom. The van der Waals surface area contributed by atoms with Crippen LogP contribution in [-0.4, -0.2) is 23.3 Å². The molecule has 1 saturated heterocycles. The summed E-state index contributed by atoms with van der Waals surface area (Å²) in [5.41, 5.74) is 8.21.